The number of hydrogen-bond donors (Lipinski definition) is 3. The van der Waals surface area contributed by atoms with Gasteiger partial charge in [0.1, 0.15) is 12.4 Å². The third kappa shape index (κ3) is 7.09. The van der Waals surface area contributed by atoms with Crippen molar-refractivity contribution >= 4 is 22.9 Å². The molecule has 0 saturated heterocycles. The Balaban J connectivity index is 1.49. The van der Waals surface area contributed by atoms with Crippen molar-refractivity contribution in [3.05, 3.63) is 78.2 Å². The molecule has 38 heavy (non-hydrogen) atoms. The summed E-state index contributed by atoms with van der Waals surface area (Å²) in [5.74, 6) is 1.12. The minimum Gasteiger partial charge on any atom is -0.480 e. The highest BCUT2D eigenvalue weighted by atomic mass is 16.5. The predicted molar refractivity (Wildman–Crippen MR) is 146 cm³/mol. The van der Waals surface area contributed by atoms with Gasteiger partial charge in [0.25, 0.3) is 0 Å². The van der Waals surface area contributed by atoms with Crippen LogP contribution in [0.2, 0.25) is 0 Å². The number of nitrogens with one attached hydrogen (secondary N) is 3. The molecule has 4 rings (SSSR count). The van der Waals surface area contributed by atoms with Gasteiger partial charge < -0.3 is 25.1 Å². The van der Waals surface area contributed by atoms with Gasteiger partial charge in [-0.2, -0.15) is 0 Å². The van der Waals surface area contributed by atoms with Crippen molar-refractivity contribution in [1.82, 2.24) is 25.6 Å². The summed E-state index contributed by atoms with van der Waals surface area (Å²) in [5.41, 5.74) is 3.26. The van der Waals surface area contributed by atoms with Crippen LogP contribution in [0.25, 0.3) is 22.2 Å². The first kappa shape index (κ1) is 26.7. The molecule has 0 aliphatic rings. The van der Waals surface area contributed by atoms with E-state index in [2.05, 4.69) is 25.6 Å². The maximum Gasteiger partial charge on any atom is 0.408 e. The molecule has 0 fully saturated rings. The minimum absolute atomic E-state index is 0.0257. The molecule has 0 aliphatic heterocycles. The number of para-hydroxylation sites is 1. The van der Waals surface area contributed by atoms with Gasteiger partial charge in [-0.25, -0.2) is 14.8 Å². The van der Waals surface area contributed by atoms with Crippen LogP contribution in [0.4, 0.5) is 4.79 Å². The van der Waals surface area contributed by atoms with Crippen molar-refractivity contribution in [2.45, 2.75) is 44.8 Å². The third-order valence-corrected chi connectivity index (χ3v) is 6.28. The van der Waals surface area contributed by atoms with Crippen LogP contribution < -0.4 is 15.4 Å². The number of aromatic amines is 1. The Bertz CT molecular complexity index is 1360. The number of nitrogens with zero attached hydrogens (tertiary/aromatic N) is 2. The average molecular weight is 516 g/mol. The van der Waals surface area contributed by atoms with Gasteiger partial charge in [0.2, 0.25) is 11.8 Å². The lowest BCUT2D eigenvalue weighted by Crippen LogP contribution is -2.30. The van der Waals surface area contributed by atoms with Crippen LogP contribution >= 0.6 is 0 Å². The summed E-state index contributed by atoms with van der Waals surface area (Å²) in [6.45, 7) is 0.175. The van der Waals surface area contributed by atoms with Gasteiger partial charge in [-0.1, -0.05) is 61.4 Å². The third-order valence-electron chi connectivity index (χ3n) is 6.28. The van der Waals surface area contributed by atoms with E-state index >= 15 is 0 Å². The van der Waals surface area contributed by atoms with Crippen molar-refractivity contribution in [2.75, 3.05) is 14.2 Å². The number of ether oxygens (including phenoxy) is 2. The SMILES string of the molecule is CNC(=O)CCCCC[C@H](NC(=O)OCc1ccccc1)c1ncc(-c2cc3ccccc3nc2OC)[nH]1. The lowest BCUT2D eigenvalue weighted by molar-refractivity contribution is -0.120. The first-order chi connectivity index (χ1) is 18.6. The van der Waals surface area contributed by atoms with E-state index in [0.29, 0.717) is 24.5 Å². The van der Waals surface area contributed by atoms with Crippen LogP contribution in [0.3, 0.4) is 0 Å². The highest BCUT2D eigenvalue weighted by Crippen LogP contribution is 2.31. The van der Waals surface area contributed by atoms with Gasteiger partial charge in [-0.15, -0.1) is 0 Å². The molecular weight excluding hydrogens is 482 g/mol. The molecule has 4 aromatic rings. The number of hydrogen-bond acceptors (Lipinski definition) is 6. The molecule has 0 saturated carbocycles. The van der Waals surface area contributed by atoms with Gasteiger partial charge in [0, 0.05) is 18.9 Å². The summed E-state index contributed by atoms with van der Waals surface area (Å²) in [6, 6.07) is 19.0. The van der Waals surface area contributed by atoms with E-state index in [1.807, 2.05) is 60.7 Å². The molecule has 0 spiro atoms. The topological polar surface area (TPSA) is 118 Å². The second-order valence-electron chi connectivity index (χ2n) is 8.95. The molecule has 1 atom stereocenters. The van der Waals surface area contributed by atoms with E-state index in [0.717, 1.165) is 47.0 Å². The van der Waals surface area contributed by atoms with Gasteiger partial charge in [-0.05, 0) is 30.5 Å². The fraction of sp³-hybridized carbons (Fsp3) is 0.310. The monoisotopic (exact) mass is 515 g/mol. The van der Waals surface area contributed by atoms with E-state index in [1.165, 1.54) is 0 Å². The number of pyridine rings is 1. The van der Waals surface area contributed by atoms with Crippen molar-refractivity contribution < 1.29 is 19.1 Å². The second kappa shape index (κ2) is 13.2. The Morgan fingerprint density at radius 2 is 1.82 bits per heavy atom. The number of imidazole rings is 1. The predicted octanol–water partition coefficient (Wildman–Crippen LogP) is 5.30. The Hall–Kier alpha value is -4.40. The fourth-order valence-corrected chi connectivity index (χ4v) is 4.22. The highest BCUT2D eigenvalue weighted by molar-refractivity contribution is 5.85. The maximum atomic E-state index is 12.7. The van der Waals surface area contributed by atoms with E-state index in [1.54, 1.807) is 20.4 Å². The number of rotatable bonds is 12. The van der Waals surface area contributed by atoms with E-state index in [9.17, 15) is 9.59 Å². The molecule has 2 amide bonds. The number of unbranched alkanes of at least 4 members (excludes halogenated alkanes) is 2. The molecule has 0 unspecified atom stereocenters. The van der Waals surface area contributed by atoms with E-state index < -0.39 is 12.1 Å². The molecule has 0 bridgehead atoms. The molecule has 0 radical (unpaired) electrons. The normalized spacial score (nSPS) is 11.6. The first-order valence-corrected chi connectivity index (χ1v) is 12.7. The number of H-pyrrole nitrogens is 1. The van der Waals surface area contributed by atoms with Crippen LogP contribution in [-0.2, 0) is 16.1 Å². The zero-order valence-corrected chi connectivity index (χ0v) is 21.7. The van der Waals surface area contributed by atoms with Gasteiger partial charge in [-0.3, -0.25) is 4.79 Å². The maximum absolute atomic E-state index is 12.7. The lowest BCUT2D eigenvalue weighted by Gasteiger charge is -2.17. The molecular formula is C29H33N5O4. The number of carbonyl (C=O) groups excluding carboxylic acids is 2. The number of amides is 2. The number of alkyl carbamates (subject to hydrolysis) is 1. The van der Waals surface area contributed by atoms with Crippen molar-refractivity contribution in [2.24, 2.45) is 0 Å². The molecule has 9 nitrogen and oxygen atoms in total. The Labute approximate surface area is 222 Å². The van der Waals surface area contributed by atoms with Crippen molar-refractivity contribution in [3.63, 3.8) is 0 Å². The van der Waals surface area contributed by atoms with E-state index in [-0.39, 0.29) is 12.5 Å². The number of benzene rings is 2. The zero-order valence-electron chi connectivity index (χ0n) is 21.7. The average Bonchev–Trinajstić information content (AvgIpc) is 3.45. The number of carbonyl (C=O) groups is 2. The van der Waals surface area contributed by atoms with Crippen LogP contribution in [0.15, 0.2) is 66.9 Å². The van der Waals surface area contributed by atoms with Crippen LogP contribution in [-0.4, -0.2) is 41.1 Å². The number of aromatic nitrogens is 3. The largest absolute Gasteiger partial charge is 0.480 e. The van der Waals surface area contributed by atoms with Crippen LogP contribution in [0.5, 0.6) is 5.88 Å². The summed E-state index contributed by atoms with van der Waals surface area (Å²) < 4.78 is 11.0. The van der Waals surface area contributed by atoms with E-state index in [4.69, 9.17) is 9.47 Å². The second-order valence-corrected chi connectivity index (χ2v) is 8.95. The summed E-state index contributed by atoms with van der Waals surface area (Å²) in [6.07, 6.45) is 4.74. The Morgan fingerprint density at radius 1 is 1.03 bits per heavy atom. The molecule has 9 heteroatoms. The standard InChI is InChI=1S/C29H33N5O4/c1-30-26(35)16-8-4-7-15-24(34-29(36)38-19-20-11-5-3-6-12-20)27-31-18-25(32-27)22-17-21-13-9-10-14-23(21)33-28(22)37-2/h3,5-6,9-14,17-18,24H,4,7-8,15-16,19H2,1-2H3,(H,30,35)(H,31,32)(H,34,36)/t24-/m0/s1. The first-order valence-electron chi connectivity index (χ1n) is 12.7. The molecule has 2 aromatic heterocycles. The van der Waals surface area contributed by atoms with Gasteiger partial charge in [0.05, 0.1) is 36.1 Å². The summed E-state index contributed by atoms with van der Waals surface area (Å²) in [7, 11) is 3.22. The highest BCUT2D eigenvalue weighted by Gasteiger charge is 2.20. The van der Waals surface area contributed by atoms with Crippen molar-refractivity contribution in [3.8, 4) is 17.1 Å². The molecule has 0 aliphatic carbocycles. The van der Waals surface area contributed by atoms with Gasteiger partial charge >= 0.3 is 6.09 Å². The molecule has 2 heterocycles. The summed E-state index contributed by atoms with van der Waals surface area (Å²) in [5, 5.41) is 6.58. The van der Waals surface area contributed by atoms with Gasteiger partial charge in [0.15, 0.2) is 0 Å². The van der Waals surface area contributed by atoms with Crippen LogP contribution in [0, 0.1) is 0 Å². The summed E-state index contributed by atoms with van der Waals surface area (Å²) >= 11 is 0. The Morgan fingerprint density at radius 3 is 2.61 bits per heavy atom. The zero-order chi connectivity index (χ0) is 26.7. The van der Waals surface area contributed by atoms with Crippen LogP contribution in [0.1, 0.15) is 49.5 Å². The van der Waals surface area contributed by atoms with Crippen molar-refractivity contribution in [1.29, 1.82) is 0 Å². The smallest absolute Gasteiger partial charge is 0.408 e. The fourth-order valence-electron chi connectivity index (χ4n) is 4.22. The molecule has 3 N–H and O–H groups in total. The minimum atomic E-state index is -0.521. The summed E-state index contributed by atoms with van der Waals surface area (Å²) in [4.78, 5) is 36.8. The number of methoxy groups -OCH3 is 1. The lowest BCUT2D eigenvalue weighted by atomic mass is 10.1. The number of fused-ring (bicyclic) bond motifs is 1. The Kier molecular flexibility index (Phi) is 9.28. The molecule has 2 aromatic carbocycles. The molecule has 198 valence electrons. The quantitative estimate of drug-likeness (QED) is 0.221.